The van der Waals surface area contributed by atoms with Crippen LogP contribution in [0.25, 0.3) is 10.9 Å². The Balaban J connectivity index is 2.71. The van der Waals surface area contributed by atoms with E-state index in [1.54, 1.807) is 0 Å². The Hall–Kier alpha value is -1.88. The highest BCUT2D eigenvalue weighted by molar-refractivity contribution is 5.84. The summed E-state index contributed by atoms with van der Waals surface area (Å²) in [5.41, 5.74) is 4.25. The number of hydrogen-bond donors (Lipinski definition) is 0. The highest BCUT2D eigenvalue weighted by atomic mass is 14.7. The Morgan fingerprint density at radius 1 is 1.13 bits per heavy atom. The summed E-state index contributed by atoms with van der Waals surface area (Å²) in [6.45, 7) is 4.12. The third-order valence-electron chi connectivity index (χ3n) is 2.59. The van der Waals surface area contributed by atoms with Gasteiger partial charge in [-0.15, -0.1) is 0 Å². The summed E-state index contributed by atoms with van der Waals surface area (Å²) in [5, 5.41) is 9.80. The Morgan fingerprint density at radius 2 is 1.87 bits per heavy atom. The maximum absolute atomic E-state index is 8.63. The summed E-state index contributed by atoms with van der Waals surface area (Å²) < 4.78 is 0. The zero-order chi connectivity index (χ0) is 10.8. The molecule has 1 aromatic carbocycles. The molecule has 2 rings (SSSR count). The minimum Gasteiger partial charge on any atom is -0.251 e. The minimum atomic E-state index is 0.378. The van der Waals surface area contributed by atoms with Crippen molar-refractivity contribution < 1.29 is 0 Å². The second-order valence-corrected chi connectivity index (χ2v) is 3.73. The van der Waals surface area contributed by atoms with Crippen LogP contribution >= 0.6 is 0 Å². The van der Waals surface area contributed by atoms with Crippen molar-refractivity contribution in [1.29, 1.82) is 5.26 Å². The van der Waals surface area contributed by atoms with E-state index in [-0.39, 0.29) is 0 Å². The zero-order valence-corrected chi connectivity index (χ0v) is 8.91. The number of aryl methyl sites for hydroxylation is 2. The normalized spacial score (nSPS) is 10.2. The van der Waals surface area contributed by atoms with Crippen LogP contribution in [0.5, 0.6) is 0 Å². The van der Waals surface area contributed by atoms with Crippen molar-refractivity contribution in [3.8, 4) is 6.07 Å². The summed E-state index contributed by atoms with van der Waals surface area (Å²) in [6, 6.07) is 10.3. The van der Waals surface area contributed by atoms with Crippen molar-refractivity contribution in [2.45, 2.75) is 20.3 Å². The summed E-state index contributed by atoms with van der Waals surface area (Å²) in [6.07, 6.45) is 0.378. The molecule has 0 N–H and O–H groups in total. The molecule has 1 heterocycles. The molecule has 15 heavy (non-hydrogen) atoms. The van der Waals surface area contributed by atoms with Crippen molar-refractivity contribution in [2.75, 3.05) is 0 Å². The van der Waals surface area contributed by atoms with Crippen LogP contribution in [-0.4, -0.2) is 4.98 Å². The number of pyridine rings is 1. The van der Waals surface area contributed by atoms with E-state index in [9.17, 15) is 0 Å². The average Bonchev–Trinajstić information content (AvgIpc) is 2.24. The Labute approximate surface area is 89.2 Å². The van der Waals surface area contributed by atoms with Crippen molar-refractivity contribution in [3.05, 3.63) is 41.1 Å². The second-order valence-electron chi connectivity index (χ2n) is 3.73. The van der Waals surface area contributed by atoms with E-state index >= 15 is 0 Å². The first-order valence-electron chi connectivity index (χ1n) is 4.95. The van der Waals surface area contributed by atoms with Gasteiger partial charge < -0.3 is 0 Å². The lowest BCUT2D eigenvalue weighted by molar-refractivity contribution is 1.14. The van der Waals surface area contributed by atoms with E-state index in [1.165, 1.54) is 10.9 Å². The van der Waals surface area contributed by atoms with Gasteiger partial charge in [-0.25, -0.2) is 0 Å². The maximum atomic E-state index is 8.63. The largest absolute Gasteiger partial charge is 0.251 e. The monoisotopic (exact) mass is 196 g/mol. The quantitative estimate of drug-likeness (QED) is 0.703. The van der Waals surface area contributed by atoms with E-state index < -0.39 is 0 Å². The van der Waals surface area contributed by atoms with Crippen LogP contribution in [-0.2, 0) is 6.42 Å². The molecule has 0 bridgehead atoms. The standard InChI is InChI=1S/C13H12N2/c1-9-3-4-10(2)13-12(9)6-5-11(15-13)7-8-14/h3-6H,7H2,1-2H3. The van der Waals surface area contributed by atoms with Crippen molar-refractivity contribution in [1.82, 2.24) is 4.98 Å². The smallest absolute Gasteiger partial charge is 0.0774 e. The van der Waals surface area contributed by atoms with Crippen molar-refractivity contribution >= 4 is 10.9 Å². The third-order valence-corrected chi connectivity index (χ3v) is 2.59. The fourth-order valence-corrected chi connectivity index (χ4v) is 1.72. The third kappa shape index (κ3) is 1.69. The van der Waals surface area contributed by atoms with Gasteiger partial charge in [0.2, 0.25) is 0 Å². The van der Waals surface area contributed by atoms with Gasteiger partial charge in [-0.3, -0.25) is 4.98 Å². The zero-order valence-electron chi connectivity index (χ0n) is 8.91. The van der Waals surface area contributed by atoms with Gasteiger partial charge >= 0.3 is 0 Å². The van der Waals surface area contributed by atoms with Crippen LogP contribution in [0.1, 0.15) is 16.8 Å². The Bertz CT molecular complexity index is 550. The van der Waals surface area contributed by atoms with E-state index in [4.69, 9.17) is 5.26 Å². The van der Waals surface area contributed by atoms with E-state index in [1.807, 2.05) is 13.0 Å². The average molecular weight is 196 g/mol. The molecule has 0 radical (unpaired) electrons. The molecular weight excluding hydrogens is 184 g/mol. The van der Waals surface area contributed by atoms with Crippen LogP contribution in [0.4, 0.5) is 0 Å². The second kappa shape index (κ2) is 3.70. The van der Waals surface area contributed by atoms with Gasteiger partial charge in [0.1, 0.15) is 0 Å². The maximum Gasteiger partial charge on any atom is 0.0774 e. The molecule has 0 aliphatic heterocycles. The van der Waals surface area contributed by atoms with Gasteiger partial charge in [0.05, 0.1) is 23.7 Å². The Morgan fingerprint density at radius 3 is 2.60 bits per heavy atom. The van der Waals surface area contributed by atoms with Gasteiger partial charge in [0.25, 0.3) is 0 Å². The van der Waals surface area contributed by atoms with Gasteiger partial charge in [-0.2, -0.15) is 5.26 Å². The number of hydrogen-bond acceptors (Lipinski definition) is 2. The lowest BCUT2D eigenvalue weighted by atomic mass is 10.0. The predicted molar refractivity (Wildman–Crippen MR) is 60.5 cm³/mol. The van der Waals surface area contributed by atoms with Crippen LogP contribution < -0.4 is 0 Å². The molecule has 0 atom stereocenters. The van der Waals surface area contributed by atoms with Gasteiger partial charge in [0, 0.05) is 5.39 Å². The first kappa shape index (κ1) is 9.67. The highest BCUT2D eigenvalue weighted by Gasteiger charge is 2.03. The number of rotatable bonds is 1. The molecule has 0 aliphatic rings. The summed E-state index contributed by atoms with van der Waals surface area (Å²) >= 11 is 0. The molecule has 0 saturated heterocycles. The molecule has 0 saturated carbocycles. The summed E-state index contributed by atoms with van der Waals surface area (Å²) in [4.78, 5) is 4.50. The van der Waals surface area contributed by atoms with Gasteiger partial charge in [0.15, 0.2) is 0 Å². The van der Waals surface area contributed by atoms with Crippen LogP contribution in [0.3, 0.4) is 0 Å². The van der Waals surface area contributed by atoms with Crippen molar-refractivity contribution in [2.24, 2.45) is 0 Å². The number of nitrogens with zero attached hydrogens (tertiary/aromatic N) is 2. The number of fused-ring (bicyclic) bond motifs is 1. The molecule has 0 fully saturated rings. The van der Waals surface area contributed by atoms with E-state index in [2.05, 4.69) is 36.2 Å². The number of benzene rings is 1. The molecular formula is C13H12N2. The molecule has 1 aromatic heterocycles. The number of nitriles is 1. The summed E-state index contributed by atoms with van der Waals surface area (Å²) in [5.74, 6) is 0. The molecule has 0 spiro atoms. The highest BCUT2D eigenvalue weighted by Crippen LogP contribution is 2.20. The summed E-state index contributed by atoms with van der Waals surface area (Å²) in [7, 11) is 0. The first-order valence-corrected chi connectivity index (χ1v) is 4.95. The van der Waals surface area contributed by atoms with Gasteiger partial charge in [-0.05, 0) is 31.0 Å². The topological polar surface area (TPSA) is 36.7 Å². The lowest BCUT2D eigenvalue weighted by Crippen LogP contribution is -1.92. The lowest BCUT2D eigenvalue weighted by Gasteiger charge is -2.05. The minimum absolute atomic E-state index is 0.378. The molecule has 2 aromatic rings. The van der Waals surface area contributed by atoms with Crippen molar-refractivity contribution in [3.63, 3.8) is 0 Å². The fraction of sp³-hybridized carbons (Fsp3) is 0.231. The van der Waals surface area contributed by atoms with Gasteiger partial charge in [-0.1, -0.05) is 18.2 Å². The fourth-order valence-electron chi connectivity index (χ4n) is 1.72. The van der Waals surface area contributed by atoms with Crippen LogP contribution in [0, 0.1) is 25.2 Å². The molecule has 0 amide bonds. The number of aromatic nitrogens is 1. The molecule has 0 unspecified atom stereocenters. The Kier molecular flexibility index (Phi) is 2.39. The van der Waals surface area contributed by atoms with Crippen LogP contribution in [0.2, 0.25) is 0 Å². The van der Waals surface area contributed by atoms with Crippen LogP contribution in [0.15, 0.2) is 24.3 Å². The molecule has 2 nitrogen and oxygen atoms in total. The molecule has 0 aliphatic carbocycles. The molecule has 74 valence electrons. The van der Waals surface area contributed by atoms with E-state index in [0.717, 1.165) is 16.8 Å². The SMILES string of the molecule is Cc1ccc(C)c2nc(CC#N)ccc12. The van der Waals surface area contributed by atoms with E-state index in [0.29, 0.717) is 6.42 Å². The molecule has 2 heteroatoms. The first-order chi connectivity index (χ1) is 7.22. The predicted octanol–water partition coefficient (Wildman–Crippen LogP) is 2.92.